The second kappa shape index (κ2) is 5.27. The average molecular weight is 239 g/mol. The third kappa shape index (κ3) is 2.46. The molecular formula is C15H11O3-. The quantitative estimate of drug-likeness (QED) is 0.752. The molecule has 0 saturated heterocycles. The number of hydrogen-bond donors (Lipinski definition) is 0. The third-order valence-corrected chi connectivity index (χ3v) is 2.73. The summed E-state index contributed by atoms with van der Waals surface area (Å²) in [6.45, 7) is 0. The van der Waals surface area contributed by atoms with Gasteiger partial charge in [-0.05, 0) is 11.1 Å². The molecule has 0 amide bonds. The van der Waals surface area contributed by atoms with Crippen molar-refractivity contribution in [3.63, 3.8) is 0 Å². The van der Waals surface area contributed by atoms with Gasteiger partial charge >= 0.3 is 0 Å². The minimum atomic E-state index is -1.66. The Balaban J connectivity index is 2.48. The van der Waals surface area contributed by atoms with E-state index >= 15 is 0 Å². The van der Waals surface area contributed by atoms with Crippen LogP contribution in [0, 0.1) is 0 Å². The van der Waals surface area contributed by atoms with E-state index in [9.17, 15) is 14.7 Å². The van der Waals surface area contributed by atoms with Crippen molar-refractivity contribution in [3.05, 3.63) is 71.8 Å². The van der Waals surface area contributed by atoms with Crippen LogP contribution in [0.1, 0.15) is 17.0 Å². The van der Waals surface area contributed by atoms with Crippen LogP contribution >= 0.6 is 0 Å². The van der Waals surface area contributed by atoms with Crippen molar-refractivity contribution in [1.29, 1.82) is 0 Å². The first kappa shape index (κ1) is 12.0. The average Bonchev–Trinajstić information content (AvgIpc) is 2.41. The number of hydrogen-bond acceptors (Lipinski definition) is 3. The molecule has 2 aromatic carbocycles. The van der Waals surface area contributed by atoms with Gasteiger partial charge in [0.1, 0.15) is 5.97 Å². The summed E-state index contributed by atoms with van der Waals surface area (Å²) in [4.78, 5) is 22.6. The Hall–Kier alpha value is -2.42. The van der Waals surface area contributed by atoms with Crippen molar-refractivity contribution in [3.8, 4) is 0 Å². The molecule has 0 aliphatic rings. The van der Waals surface area contributed by atoms with Gasteiger partial charge in [-0.25, -0.2) is 0 Å². The fraction of sp³-hybridized carbons (Fsp3) is 0.0667. The fourth-order valence-electron chi connectivity index (χ4n) is 1.90. The molecule has 90 valence electrons. The first-order valence-electron chi connectivity index (χ1n) is 5.55. The number of carboxylic acids is 1. The predicted molar refractivity (Wildman–Crippen MR) is 64.7 cm³/mol. The number of benzene rings is 2. The van der Waals surface area contributed by atoms with E-state index in [-0.39, 0.29) is 0 Å². The molecule has 0 unspecified atom stereocenters. The van der Waals surface area contributed by atoms with Crippen molar-refractivity contribution in [2.75, 3.05) is 0 Å². The topological polar surface area (TPSA) is 57.2 Å². The van der Waals surface area contributed by atoms with Gasteiger partial charge in [-0.15, -0.1) is 0 Å². The summed E-state index contributed by atoms with van der Waals surface area (Å²) >= 11 is 0. The molecule has 0 N–H and O–H groups in total. The number of aliphatic carboxylic acids is 1. The molecule has 0 fully saturated rings. The lowest BCUT2D eigenvalue weighted by atomic mass is 9.88. The monoisotopic (exact) mass is 239 g/mol. The van der Waals surface area contributed by atoms with Crippen LogP contribution in [0.3, 0.4) is 0 Å². The zero-order valence-corrected chi connectivity index (χ0v) is 9.58. The Kier molecular flexibility index (Phi) is 3.53. The van der Waals surface area contributed by atoms with Crippen molar-refractivity contribution >= 4 is 11.8 Å². The Morgan fingerprint density at radius 3 is 1.50 bits per heavy atom. The lowest BCUT2D eigenvalue weighted by Gasteiger charge is -2.17. The van der Waals surface area contributed by atoms with Gasteiger partial charge in [-0.3, -0.25) is 4.79 Å². The minimum Gasteiger partial charge on any atom is -0.542 e. The minimum absolute atomic E-state index is 0.651. The van der Waals surface area contributed by atoms with E-state index in [0.29, 0.717) is 11.1 Å². The van der Waals surface area contributed by atoms with Crippen molar-refractivity contribution in [2.45, 2.75) is 5.92 Å². The highest BCUT2D eigenvalue weighted by Gasteiger charge is 2.22. The van der Waals surface area contributed by atoms with Gasteiger partial charge in [0.15, 0.2) is 5.78 Å². The maximum Gasteiger partial charge on any atom is 0.190 e. The molecule has 0 heterocycles. The first-order chi connectivity index (χ1) is 8.70. The first-order valence-corrected chi connectivity index (χ1v) is 5.55. The summed E-state index contributed by atoms with van der Waals surface area (Å²) in [5, 5.41) is 10.8. The van der Waals surface area contributed by atoms with Gasteiger partial charge in [0, 0.05) is 0 Å². The predicted octanol–water partition coefficient (Wildman–Crippen LogP) is 1.14. The highest BCUT2D eigenvalue weighted by Crippen LogP contribution is 2.25. The summed E-state index contributed by atoms with van der Waals surface area (Å²) in [5.74, 6) is -3.39. The lowest BCUT2D eigenvalue weighted by molar-refractivity contribution is -0.300. The molecule has 0 saturated carbocycles. The van der Waals surface area contributed by atoms with Gasteiger partial charge in [0.05, 0.1) is 5.92 Å². The SMILES string of the molecule is O=C([O-])C(=O)C(c1ccccc1)c1ccccc1. The van der Waals surface area contributed by atoms with Crippen LogP contribution in [-0.2, 0) is 9.59 Å². The second-order valence-electron chi connectivity index (χ2n) is 3.91. The third-order valence-electron chi connectivity index (χ3n) is 2.73. The van der Waals surface area contributed by atoms with Crippen LogP contribution in [0.15, 0.2) is 60.7 Å². The summed E-state index contributed by atoms with van der Waals surface area (Å²) in [7, 11) is 0. The molecule has 0 aromatic heterocycles. The standard InChI is InChI=1S/C15H12O3/c16-14(15(17)18)13(11-7-3-1-4-8-11)12-9-5-2-6-10-12/h1-10,13H,(H,17,18)/p-1. The summed E-state index contributed by atoms with van der Waals surface area (Å²) in [6.07, 6.45) is 0. The molecule has 0 atom stereocenters. The number of carbonyl (C=O) groups excluding carboxylic acids is 2. The van der Waals surface area contributed by atoms with Crippen molar-refractivity contribution in [1.82, 2.24) is 0 Å². The highest BCUT2D eigenvalue weighted by atomic mass is 16.4. The van der Waals surface area contributed by atoms with Gasteiger partial charge in [0.25, 0.3) is 0 Å². The molecule has 18 heavy (non-hydrogen) atoms. The van der Waals surface area contributed by atoms with E-state index in [0.717, 1.165) is 0 Å². The molecule has 0 aliphatic heterocycles. The maximum absolute atomic E-state index is 11.8. The van der Waals surface area contributed by atoms with Crippen LogP contribution in [0.25, 0.3) is 0 Å². The molecule has 0 radical (unpaired) electrons. The van der Waals surface area contributed by atoms with Crippen LogP contribution in [0.2, 0.25) is 0 Å². The van der Waals surface area contributed by atoms with Gasteiger partial charge in [-0.1, -0.05) is 60.7 Å². The molecule has 0 aliphatic carbocycles. The summed E-state index contributed by atoms with van der Waals surface area (Å²) in [6, 6.07) is 17.7. The lowest BCUT2D eigenvalue weighted by Crippen LogP contribution is -2.35. The zero-order chi connectivity index (χ0) is 13.0. The zero-order valence-electron chi connectivity index (χ0n) is 9.58. The summed E-state index contributed by atoms with van der Waals surface area (Å²) < 4.78 is 0. The van der Waals surface area contributed by atoms with Crippen LogP contribution < -0.4 is 5.11 Å². The normalized spacial score (nSPS) is 10.3. The van der Waals surface area contributed by atoms with Crippen molar-refractivity contribution in [2.24, 2.45) is 0 Å². The molecule has 0 bridgehead atoms. The number of carbonyl (C=O) groups is 2. The number of rotatable bonds is 4. The number of Topliss-reactive ketones (excluding diaryl/α,β-unsaturated/α-hetero) is 1. The largest absolute Gasteiger partial charge is 0.542 e. The molecule has 2 rings (SSSR count). The smallest absolute Gasteiger partial charge is 0.190 e. The summed E-state index contributed by atoms with van der Waals surface area (Å²) in [5.41, 5.74) is 1.30. The molecule has 3 heteroatoms. The molecule has 0 spiro atoms. The van der Waals surface area contributed by atoms with E-state index in [4.69, 9.17) is 0 Å². The Morgan fingerprint density at radius 2 is 1.17 bits per heavy atom. The molecular weight excluding hydrogens is 228 g/mol. The Morgan fingerprint density at radius 1 is 0.778 bits per heavy atom. The fourth-order valence-corrected chi connectivity index (χ4v) is 1.90. The van der Waals surface area contributed by atoms with E-state index < -0.39 is 17.7 Å². The number of carboxylic acid groups (broad SMARTS) is 1. The van der Waals surface area contributed by atoms with Crippen LogP contribution in [0.5, 0.6) is 0 Å². The van der Waals surface area contributed by atoms with Crippen LogP contribution in [0.4, 0.5) is 0 Å². The Labute approximate surface area is 105 Å². The van der Waals surface area contributed by atoms with E-state index in [1.54, 1.807) is 48.5 Å². The van der Waals surface area contributed by atoms with E-state index in [1.807, 2.05) is 12.1 Å². The highest BCUT2D eigenvalue weighted by molar-refractivity contribution is 6.34. The number of ketones is 1. The van der Waals surface area contributed by atoms with E-state index in [1.165, 1.54) is 0 Å². The second-order valence-corrected chi connectivity index (χ2v) is 3.91. The van der Waals surface area contributed by atoms with Gasteiger partial charge in [0.2, 0.25) is 0 Å². The molecule has 2 aromatic rings. The van der Waals surface area contributed by atoms with E-state index in [2.05, 4.69) is 0 Å². The Bertz CT molecular complexity index is 507. The van der Waals surface area contributed by atoms with Crippen molar-refractivity contribution < 1.29 is 14.7 Å². The van der Waals surface area contributed by atoms with Crippen LogP contribution in [-0.4, -0.2) is 11.8 Å². The molecule has 3 nitrogen and oxygen atoms in total. The van der Waals surface area contributed by atoms with Gasteiger partial charge < -0.3 is 9.90 Å². The maximum atomic E-state index is 11.8. The van der Waals surface area contributed by atoms with Gasteiger partial charge in [-0.2, -0.15) is 0 Å².